The molecule has 1 saturated carbocycles. The number of hydrogen-bond acceptors (Lipinski definition) is 1. The third-order valence-electron chi connectivity index (χ3n) is 4.19. The van der Waals surface area contributed by atoms with Crippen LogP contribution in [0.3, 0.4) is 0 Å². The van der Waals surface area contributed by atoms with Gasteiger partial charge in [0.1, 0.15) is 5.82 Å². The molecule has 2 rings (SSSR count). The third kappa shape index (κ3) is 3.04. The smallest absolute Gasteiger partial charge is 0.127 e. The molecule has 0 saturated heterocycles. The minimum atomic E-state index is -0.165. The summed E-state index contributed by atoms with van der Waals surface area (Å²) in [7, 11) is 0. The van der Waals surface area contributed by atoms with Crippen LogP contribution in [0, 0.1) is 17.7 Å². The summed E-state index contributed by atoms with van der Waals surface area (Å²) in [6.07, 6.45) is 3.21. The molecule has 1 nitrogen and oxygen atoms in total. The zero-order valence-corrected chi connectivity index (χ0v) is 11.8. The molecule has 1 aliphatic rings. The summed E-state index contributed by atoms with van der Waals surface area (Å²) in [6, 6.07) is 5.61. The first kappa shape index (κ1) is 13.8. The fraction of sp³-hybridized carbons (Fsp3) is 0.600. The molecule has 1 fully saturated rings. The van der Waals surface area contributed by atoms with Gasteiger partial charge >= 0.3 is 0 Å². The van der Waals surface area contributed by atoms with Crippen LogP contribution in [-0.4, -0.2) is 12.6 Å². The second-order valence-corrected chi connectivity index (χ2v) is 5.74. The van der Waals surface area contributed by atoms with Crippen molar-refractivity contribution in [3.05, 3.63) is 34.6 Å². The average Bonchev–Trinajstić information content (AvgIpc) is 2.66. The van der Waals surface area contributed by atoms with Crippen molar-refractivity contribution in [1.29, 1.82) is 0 Å². The van der Waals surface area contributed by atoms with Crippen molar-refractivity contribution in [2.75, 3.05) is 6.54 Å². The van der Waals surface area contributed by atoms with Crippen molar-refractivity contribution in [2.24, 2.45) is 11.8 Å². The van der Waals surface area contributed by atoms with E-state index < -0.39 is 0 Å². The molecule has 0 bridgehead atoms. The predicted octanol–water partition coefficient (Wildman–Crippen LogP) is 4.05. The second kappa shape index (κ2) is 6.03. The summed E-state index contributed by atoms with van der Waals surface area (Å²) in [5.74, 6) is 1.02. The van der Waals surface area contributed by atoms with E-state index >= 15 is 0 Å². The van der Waals surface area contributed by atoms with Crippen molar-refractivity contribution in [1.82, 2.24) is 5.32 Å². The zero-order valence-electron chi connectivity index (χ0n) is 11.0. The molecular weight excluding hydrogens is 249 g/mol. The van der Waals surface area contributed by atoms with Crippen LogP contribution < -0.4 is 5.32 Å². The van der Waals surface area contributed by atoms with Crippen LogP contribution in [0.4, 0.5) is 4.39 Å². The first-order chi connectivity index (χ1) is 8.61. The maximum absolute atomic E-state index is 13.8. The van der Waals surface area contributed by atoms with E-state index in [9.17, 15) is 4.39 Å². The standard InChI is InChI=1S/C15H21ClFN/c1-3-18-15-7-5-11(10(15)2)8-12-4-6-13(16)9-14(12)17/h4,6,9-11,15,18H,3,5,7-8H2,1-2H3. The molecule has 3 heteroatoms. The summed E-state index contributed by atoms with van der Waals surface area (Å²) < 4.78 is 13.8. The van der Waals surface area contributed by atoms with E-state index in [0.29, 0.717) is 22.9 Å². The number of hydrogen-bond donors (Lipinski definition) is 1. The highest BCUT2D eigenvalue weighted by atomic mass is 35.5. The van der Waals surface area contributed by atoms with E-state index in [-0.39, 0.29) is 5.82 Å². The fourth-order valence-corrected chi connectivity index (χ4v) is 3.21. The molecule has 18 heavy (non-hydrogen) atoms. The maximum Gasteiger partial charge on any atom is 0.127 e. The Balaban J connectivity index is 2.02. The summed E-state index contributed by atoms with van der Waals surface area (Å²) in [6.45, 7) is 5.43. The molecule has 0 spiro atoms. The minimum Gasteiger partial charge on any atom is -0.314 e. The minimum absolute atomic E-state index is 0.165. The Morgan fingerprint density at radius 3 is 2.83 bits per heavy atom. The zero-order chi connectivity index (χ0) is 13.1. The molecule has 0 aromatic heterocycles. The van der Waals surface area contributed by atoms with E-state index in [1.807, 2.05) is 6.07 Å². The lowest BCUT2D eigenvalue weighted by atomic mass is 9.89. The van der Waals surface area contributed by atoms with Gasteiger partial charge in [-0.25, -0.2) is 4.39 Å². The number of rotatable bonds is 4. The van der Waals surface area contributed by atoms with E-state index in [1.165, 1.54) is 18.9 Å². The second-order valence-electron chi connectivity index (χ2n) is 5.30. The lowest BCUT2D eigenvalue weighted by molar-refractivity contribution is 0.352. The van der Waals surface area contributed by atoms with E-state index in [0.717, 1.165) is 18.5 Å². The average molecular weight is 270 g/mol. The van der Waals surface area contributed by atoms with Crippen LogP contribution in [0.15, 0.2) is 18.2 Å². The molecule has 1 aromatic rings. The van der Waals surface area contributed by atoms with Gasteiger partial charge in [0, 0.05) is 11.1 Å². The van der Waals surface area contributed by atoms with Gasteiger partial charge in [-0.1, -0.05) is 31.5 Å². The van der Waals surface area contributed by atoms with Gasteiger partial charge in [0.05, 0.1) is 0 Å². The van der Waals surface area contributed by atoms with Gasteiger partial charge in [0.25, 0.3) is 0 Å². The largest absolute Gasteiger partial charge is 0.314 e. The van der Waals surface area contributed by atoms with Gasteiger partial charge in [-0.2, -0.15) is 0 Å². The van der Waals surface area contributed by atoms with Gasteiger partial charge in [-0.05, 0) is 55.3 Å². The van der Waals surface area contributed by atoms with Crippen LogP contribution >= 0.6 is 11.6 Å². The van der Waals surface area contributed by atoms with Gasteiger partial charge in [-0.15, -0.1) is 0 Å². The Kier molecular flexibility index (Phi) is 4.63. The molecule has 1 aromatic carbocycles. The van der Waals surface area contributed by atoms with Crippen molar-refractivity contribution in [3.8, 4) is 0 Å². The number of nitrogens with one attached hydrogen (secondary N) is 1. The van der Waals surface area contributed by atoms with Crippen molar-refractivity contribution >= 4 is 11.6 Å². The SMILES string of the molecule is CCNC1CCC(Cc2ccc(Cl)cc2F)C1C. The fourth-order valence-electron chi connectivity index (χ4n) is 3.06. The van der Waals surface area contributed by atoms with Gasteiger partial charge in [0.2, 0.25) is 0 Å². The summed E-state index contributed by atoms with van der Waals surface area (Å²) in [5.41, 5.74) is 0.799. The van der Waals surface area contributed by atoms with Crippen LogP contribution in [0.2, 0.25) is 5.02 Å². The summed E-state index contributed by atoms with van der Waals surface area (Å²) in [5, 5.41) is 3.99. The Hall–Kier alpha value is -0.600. The molecule has 0 aliphatic heterocycles. The van der Waals surface area contributed by atoms with E-state index in [1.54, 1.807) is 6.07 Å². The van der Waals surface area contributed by atoms with Gasteiger partial charge < -0.3 is 5.32 Å². The predicted molar refractivity (Wildman–Crippen MR) is 74.5 cm³/mol. The van der Waals surface area contributed by atoms with Crippen LogP contribution in [0.5, 0.6) is 0 Å². The first-order valence-corrected chi connectivity index (χ1v) is 7.17. The van der Waals surface area contributed by atoms with Crippen molar-refractivity contribution in [3.63, 3.8) is 0 Å². The van der Waals surface area contributed by atoms with E-state index in [2.05, 4.69) is 19.2 Å². The third-order valence-corrected chi connectivity index (χ3v) is 4.43. The Morgan fingerprint density at radius 2 is 2.17 bits per heavy atom. The monoisotopic (exact) mass is 269 g/mol. The lowest BCUT2D eigenvalue weighted by Crippen LogP contribution is -2.32. The topological polar surface area (TPSA) is 12.0 Å². The molecule has 3 atom stereocenters. The lowest BCUT2D eigenvalue weighted by Gasteiger charge is -2.21. The maximum atomic E-state index is 13.8. The first-order valence-electron chi connectivity index (χ1n) is 6.79. The van der Waals surface area contributed by atoms with Crippen LogP contribution in [0.25, 0.3) is 0 Å². The highest BCUT2D eigenvalue weighted by Crippen LogP contribution is 2.34. The Morgan fingerprint density at radius 1 is 1.39 bits per heavy atom. The van der Waals surface area contributed by atoms with Gasteiger partial charge in [-0.3, -0.25) is 0 Å². The molecule has 100 valence electrons. The van der Waals surface area contributed by atoms with Crippen LogP contribution in [0.1, 0.15) is 32.3 Å². The van der Waals surface area contributed by atoms with Crippen LogP contribution in [-0.2, 0) is 6.42 Å². The highest BCUT2D eigenvalue weighted by Gasteiger charge is 2.32. The summed E-state index contributed by atoms with van der Waals surface area (Å²) in [4.78, 5) is 0. The molecular formula is C15H21ClFN. The molecule has 1 aliphatic carbocycles. The Bertz CT molecular complexity index is 407. The summed E-state index contributed by atoms with van der Waals surface area (Å²) >= 11 is 5.78. The number of benzene rings is 1. The number of halogens is 2. The normalized spacial score (nSPS) is 27.7. The molecule has 0 heterocycles. The van der Waals surface area contributed by atoms with Crippen molar-refractivity contribution < 1.29 is 4.39 Å². The molecule has 1 N–H and O–H groups in total. The molecule has 0 amide bonds. The Labute approximate surface area is 114 Å². The van der Waals surface area contributed by atoms with Crippen molar-refractivity contribution in [2.45, 2.75) is 39.2 Å². The van der Waals surface area contributed by atoms with E-state index in [4.69, 9.17) is 11.6 Å². The highest BCUT2D eigenvalue weighted by molar-refractivity contribution is 6.30. The van der Waals surface area contributed by atoms with Gasteiger partial charge in [0.15, 0.2) is 0 Å². The quantitative estimate of drug-likeness (QED) is 0.870. The molecule has 0 radical (unpaired) electrons. The molecule has 3 unspecified atom stereocenters.